The number of benzene rings is 2. The molecule has 0 fully saturated rings. The van der Waals surface area contributed by atoms with Crippen molar-refractivity contribution in [2.24, 2.45) is 0 Å². The van der Waals surface area contributed by atoms with E-state index in [1.54, 1.807) is 6.20 Å². The van der Waals surface area contributed by atoms with Gasteiger partial charge in [0.25, 0.3) is 0 Å². The van der Waals surface area contributed by atoms with E-state index in [1.165, 1.54) is 0 Å². The molecule has 0 atom stereocenters. The first-order valence-electron chi connectivity index (χ1n) is 6.32. The predicted octanol–water partition coefficient (Wildman–Crippen LogP) is 4.54. The second kappa shape index (κ2) is 5.17. The van der Waals surface area contributed by atoms with Gasteiger partial charge in [0.1, 0.15) is 0 Å². The summed E-state index contributed by atoms with van der Waals surface area (Å²) in [5.41, 5.74) is 3.25. The molecule has 2 aromatic carbocycles. The van der Waals surface area contributed by atoms with Gasteiger partial charge in [-0.1, -0.05) is 30.3 Å². The van der Waals surface area contributed by atoms with Gasteiger partial charge in [-0.25, -0.2) is 0 Å². The van der Waals surface area contributed by atoms with Gasteiger partial charge in [0, 0.05) is 27.2 Å². The van der Waals surface area contributed by atoms with Gasteiger partial charge in [0.2, 0.25) is 0 Å². The fraction of sp³-hybridized carbons (Fsp3) is 0.0588. The molecule has 0 saturated carbocycles. The van der Waals surface area contributed by atoms with Gasteiger partial charge in [-0.3, -0.25) is 9.78 Å². The zero-order chi connectivity index (χ0) is 14.1. The second-order valence-electron chi connectivity index (χ2n) is 4.64. The molecule has 2 nitrogen and oxygen atoms in total. The Hall–Kier alpha value is -2.00. The van der Waals surface area contributed by atoms with E-state index in [0.29, 0.717) is 11.1 Å². The summed E-state index contributed by atoms with van der Waals surface area (Å²) in [6, 6.07) is 15.1. The molecule has 0 spiro atoms. The van der Waals surface area contributed by atoms with Crippen LogP contribution in [0.25, 0.3) is 10.9 Å². The number of aromatic nitrogens is 1. The number of ketones is 1. The number of hydrogen-bond acceptors (Lipinski definition) is 2. The van der Waals surface area contributed by atoms with Gasteiger partial charge in [0.15, 0.2) is 5.78 Å². The molecule has 3 heteroatoms. The first-order chi connectivity index (χ1) is 9.68. The van der Waals surface area contributed by atoms with Crippen LogP contribution in [0.4, 0.5) is 0 Å². The molecule has 0 N–H and O–H groups in total. The fourth-order valence-electron chi connectivity index (χ4n) is 2.27. The molecule has 3 rings (SSSR count). The molecule has 0 aliphatic carbocycles. The van der Waals surface area contributed by atoms with Crippen molar-refractivity contribution < 1.29 is 4.79 Å². The zero-order valence-electron chi connectivity index (χ0n) is 10.9. The Balaban J connectivity index is 2.21. The van der Waals surface area contributed by atoms with Gasteiger partial charge in [-0.15, -0.1) is 0 Å². The molecule has 3 aromatic rings. The third kappa shape index (κ3) is 2.14. The minimum atomic E-state index is 0.0131. The van der Waals surface area contributed by atoms with Crippen LogP contribution in [-0.4, -0.2) is 10.8 Å². The van der Waals surface area contributed by atoms with Crippen molar-refractivity contribution in [1.82, 2.24) is 4.98 Å². The topological polar surface area (TPSA) is 30.0 Å². The number of aryl methyl sites for hydroxylation is 1. The maximum absolute atomic E-state index is 12.8. The summed E-state index contributed by atoms with van der Waals surface area (Å²) in [4.78, 5) is 17.1. The molecule has 20 heavy (non-hydrogen) atoms. The highest BCUT2D eigenvalue weighted by Gasteiger charge is 2.16. The first-order valence-corrected chi connectivity index (χ1v) is 7.11. The molecular weight excluding hydrogens is 314 g/mol. The van der Waals surface area contributed by atoms with E-state index in [9.17, 15) is 4.79 Å². The number of halogens is 1. The Bertz CT molecular complexity index is 806. The van der Waals surface area contributed by atoms with Crippen molar-refractivity contribution in [3.63, 3.8) is 0 Å². The molecule has 1 heterocycles. The molecule has 1 aromatic heterocycles. The molecular formula is C17H12BrNO. The van der Waals surface area contributed by atoms with Gasteiger partial charge in [-0.2, -0.15) is 0 Å². The van der Waals surface area contributed by atoms with Crippen LogP contribution in [-0.2, 0) is 0 Å². The highest BCUT2D eigenvalue weighted by molar-refractivity contribution is 9.10. The highest BCUT2D eigenvalue weighted by atomic mass is 79.9. The van der Waals surface area contributed by atoms with Crippen molar-refractivity contribution in [3.05, 3.63) is 75.9 Å². The van der Waals surface area contributed by atoms with E-state index < -0.39 is 0 Å². The average Bonchev–Trinajstić information content (AvgIpc) is 2.49. The predicted molar refractivity (Wildman–Crippen MR) is 84.1 cm³/mol. The van der Waals surface area contributed by atoms with E-state index in [-0.39, 0.29) is 5.78 Å². The number of hydrogen-bond donors (Lipinski definition) is 0. The van der Waals surface area contributed by atoms with Gasteiger partial charge in [0.05, 0.1) is 5.52 Å². The molecule has 0 saturated heterocycles. The van der Waals surface area contributed by atoms with Gasteiger partial charge in [-0.05, 0) is 46.6 Å². The summed E-state index contributed by atoms with van der Waals surface area (Å²) in [6.07, 6.45) is 1.74. The molecule has 0 radical (unpaired) electrons. The normalized spacial score (nSPS) is 10.7. The highest BCUT2D eigenvalue weighted by Crippen LogP contribution is 2.26. The Morgan fingerprint density at radius 2 is 1.75 bits per heavy atom. The third-order valence-electron chi connectivity index (χ3n) is 3.33. The number of rotatable bonds is 2. The van der Waals surface area contributed by atoms with Crippen LogP contribution in [0.15, 0.2) is 59.2 Å². The molecule has 0 amide bonds. The summed E-state index contributed by atoms with van der Waals surface area (Å²) >= 11 is 3.51. The number of pyridine rings is 1. The molecule has 0 bridgehead atoms. The Kier molecular flexibility index (Phi) is 3.36. The molecule has 98 valence electrons. The van der Waals surface area contributed by atoms with Crippen LogP contribution in [0.1, 0.15) is 21.5 Å². The summed E-state index contributed by atoms with van der Waals surface area (Å²) < 4.78 is 0.853. The van der Waals surface area contributed by atoms with Crippen LogP contribution < -0.4 is 0 Å². The van der Waals surface area contributed by atoms with Gasteiger partial charge >= 0.3 is 0 Å². The Labute approximate surface area is 125 Å². The lowest BCUT2D eigenvalue weighted by Crippen LogP contribution is -2.04. The van der Waals surface area contributed by atoms with E-state index in [4.69, 9.17) is 0 Å². The largest absolute Gasteiger partial charge is 0.289 e. The monoisotopic (exact) mass is 325 g/mol. The molecule has 0 unspecified atom stereocenters. The maximum atomic E-state index is 12.8. The van der Waals surface area contributed by atoms with E-state index in [1.807, 2.05) is 55.5 Å². The minimum absolute atomic E-state index is 0.0131. The minimum Gasteiger partial charge on any atom is -0.289 e. The lowest BCUT2D eigenvalue weighted by Gasteiger charge is -2.08. The lowest BCUT2D eigenvalue weighted by atomic mass is 9.98. The van der Waals surface area contributed by atoms with E-state index in [0.717, 1.165) is 20.9 Å². The zero-order valence-corrected chi connectivity index (χ0v) is 12.5. The summed E-state index contributed by atoms with van der Waals surface area (Å²) in [6.45, 7) is 1.98. The molecule has 0 aliphatic heterocycles. The van der Waals surface area contributed by atoms with Crippen LogP contribution in [0.3, 0.4) is 0 Å². The van der Waals surface area contributed by atoms with Crippen LogP contribution in [0.5, 0.6) is 0 Å². The second-order valence-corrected chi connectivity index (χ2v) is 5.43. The maximum Gasteiger partial charge on any atom is 0.194 e. The number of carbonyl (C=O) groups is 1. The van der Waals surface area contributed by atoms with E-state index >= 15 is 0 Å². The summed E-state index contributed by atoms with van der Waals surface area (Å²) in [5, 5.41) is 0.883. The van der Waals surface area contributed by atoms with Crippen molar-refractivity contribution in [2.45, 2.75) is 6.92 Å². The standard InChI is InChI=1S/C17H12BrNO/c1-11-5-2-7-14(16(11)18)17(20)13-6-3-9-15-12(13)8-4-10-19-15/h2-10H,1H3. The quantitative estimate of drug-likeness (QED) is 0.647. The summed E-state index contributed by atoms with van der Waals surface area (Å²) in [5.74, 6) is 0.0131. The fourth-order valence-corrected chi connectivity index (χ4v) is 2.71. The Morgan fingerprint density at radius 1 is 1.00 bits per heavy atom. The number of nitrogens with zero attached hydrogens (tertiary/aromatic N) is 1. The smallest absolute Gasteiger partial charge is 0.194 e. The first kappa shape index (κ1) is 13.0. The van der Waals surface area contributed by atoms with Crippen molar-refractivity contribution in [1.29, 1.82) is 0 Å². The third-order valence-corrected chi connectivity index (χ3v) is 4.38. The SMILES string of the molecule is Cc1cccc(C(=O)c2cccc3ncccc23)c1Br. The van der Waals surface area contributed by atoms with Crippen molar-refractivity contribution in [3.8, 4) is 0 Å². The van der Waals surface area contributed by atoms with Gasteiger partial charge < -0.3 is 0 Å². The summed E-state index contributed by atoms with van der Waals surface area (Å²) in [7, 11) is 0. The van der Waals surface area contributed by atoms with E-state index in [2.05, 4.69) is 20.9 Å². The number of carbonyl (C=O) groups excluding carboxylic acids is 1. The van der Waals surface area contributed by atoms with Crippen LogP contribution in [0.2, 0.25) is 0 Å². The molecule has 0 aliphatic rings. The van der Waals surface area contributed by atoms with Crippen molar-refractivity contribution in [2.75, 3.05) is 0 Å². The lowest BCUT2D eigenvalue weighted by molar-refractivity contribution is 0.103. The number of fused-ring (bicyclic) bond motifs is 1. The van der Waals surface area contributed by atoms with Crippen LogP contribution in [0, 0.1) is 6.92 Å². The van der Waals surface area contributed by atoms with Crippen LogP contribution >= 0.6 is 15.9 Å². The van der Waals surface area contributed by atoms with Crippen molar-refractivity contribution >= 4 is 32.6 Å². The average molecular weight is 326 g/mol. The Morgan fingerprint density at radius 3 is 2.60 bits per heavy atom.